The Kier molecular flexibility index (Phi) is 6.43. The summed E-state index contributed by atoms with van der Waals surface area (Å²) in [6, 6.07) is 12.3. The molecule has 1 unspecified atom stereocenters. The number of rotatable bonds is 8. The van der Waals surface area contributed by atoms with E-state index in [4.69, 9.17) is 18.9 Å². The van der Waals surface area contributed by atoms with Crippen molar-refractivity contribution in [3.05, 3.63) is 48.0 Å². The standard InChI is InChI=1S/C21H26N2O6S/c1-2-27-17-5-3-16(4-6-17)19(23-9-11-26-12-10-23)14-22-30(24,25)18-7-8-20-21(13-18)29-15-28-20/h3-8,13,19,22H,2,9-12,14-15H2,1H3. The van der Waals surface area contributed by atoms with Gasteiger partial charge in [-0.15, -0.1) is 0 Å². The Bertz CT molecular complexity index is 958. The van der Waals surface area contributed by atoms with Crippen LogP contribution in [-0.2, 0) is 14.8 Å². The molecule has 1 fully saturated rings. The first kappa shape index (κ1) is 20.9. The van der Waals surface area contributed by atoms with Crippen LogP contribution in [0.15, 0.2) is 47.4 Å². The zero-order chi connectivity index (χ0) is 21.0. The average Bonchev–Trinajstić information content (AvgIpc) is 3.24. The molecule has 8 nitrogen and oxygen atoms in total. The van der Waals surface area contributed by atoms with Gasteiger partial charge in [0.1, 0.15) is 5.75 Å². The van der Waals surface area contributed by atoms with Crippen LogP contribution in [-0.4, -0.2) is 59.6 Å². The number of ether oxygens (including phenoxy) is 4. The second-order valence-electron chi connectivity index (χ2n) is 7.03. The third-order valence-corrected chi connectivity index (χ3v) is 6.60. The lowest BCUT2D eigenvalue weighted by Gasteiger charge is -2.35. The van der Waals surface area contributed by atoms with Gasteiger partial charge in [0.25, 0.3) is 0 Å². The van der Waals surface area contributed by atoms with Crippen molar-refractivity contribution >= 4 is 10.0 Å². The number of morpholine rings is 1. The SMILES string of the molecule is CCOc1ccc(C(CNS(=O)(=O)c2ccc3c(c2)OCO3)N2CCOCC2)cc1. The topological polar surface area (TPSA) is 86.3 Å². The molecule has 0 aromatic heterocycles. The average molecular weight is 435 g/mol. The summed E-state index contributed by atoms with van der Waals surface area (Å²) in [4.78, 5) is 2.39. The molecule has 2 aromatic carbocycles. The summed E-state index contributed by atoms with van der Waals surface area (Å²) in [5.41, 5.74) is 1.02. The summed E-state index contributed by atoms with van der Waals surface area (Å²) in [6.45, 7) is 5.61. The summed E-state index contributed by atoms with van der Waals surface area (Å²) >= 11 is 0. The zero-order valence-electron chi connectivity index (χ0n) is 16.9. The van der Waals surface area contributed by atoms with Gasteiger partial charge in [-0.1, -0.05) is 12.1 Å². The molecule has 1 atom stereocenters. The van der Waals surface area contributed by atoms with E-state index in [1.54, 1.807) is 6.07 Å². The predicted octanol–water partition coefficient (Wildman–Crippen LogP) is 2.17. The lowest BCUT2D eigenvalue weighted by atomic mass is 10.0. The number of hydrogen-bond acceptors (Lipinski definition) is 7. The number of hydrogen-bond donors (Lipinski definition) is 1. The fraction of sp³-hybridized carbons (Fsp3) is 0.429. The Morgan fingerprint density at radius 3 is 2.53 bits per heavy atom. The minimum atomic E-state index is -3.71. The van der Waals surface area contributed by atoms with E-state index in [9.17, 15) is 8.42 Å². The van der Waals surface area contributed by atoms with E-state index in [-0.39, 0.29) is 24.3 Å². The van der Waals surface area contributed by atoms with Crippen molar-refractivity contribution in [2.45, 2.75) is 17.9 Å². The summed E-state index contributed by atoms with van der Waals surface area (Å²) in [5, 5.41) is 0. The number of nitrogens with zero attached hydrogens (tertiary/aromatic N) is 1. The number of nitrogens with one attached hydrogen (secondary N) is 1. The van der Waals surface area contributed by atoms with E-state index >= 15 is 0 Å². The fourth-order valence-electron chi connectivity index (χ4n) is 3.62. The van der Waals surface area contributed by atoms with Gasteiger partial charge in [0.2, 0.25) is 16.8 Å². The molecule has 2 heterocycles. The van der Waals surface area contributed by atoms with Crippen LogP contribution in [0.25, 0.3) is 0 Å². The van der Waals surface area contributed by atoms with E-state index in [2.05, 4.69) is 9.62 Å². The van der Waals surface area contributed by atoms with Crippen LogP contribution in [0.2, 0.25) is 0 Å². The van der Waals surface area contributed by atoms with Gasteiger partial charge < -0.3 is 18.9 Å². The molecule has 0 saturated carbocycles. The summed E-state index contributed by atoms with van der Waals surface area (Å²) in [5.74, 6) is 1.78. The fourth-order valence-corrected chi connectivity index (χ4v) is 4.67. The van der Waals surface area contributed by atoms with Gasteiger partial charge in [0.15, 0.2) is 11.5 Å². The Morgan fingerprint density at radius 2 is 1.80 bits per heavy atom. The Hall–Kier alpha value is -2.33. The molecule has 162 valence electrons. The van der Waals surface area contributed by atoms with E-state index < -0.39 is 10.0 Å². The van der Waals surface area contributed by atoms with Gasteiger partial charge in [-0.3, -0.25) is 4.90 Å². The highest BCUT2D eigenvalue weighted by atomic mass is 32.2. The molecule has 0 amide bonds. The van der Waals surface area contributed by atoms with Crippen molar-refractivity contribution < 1.29 is 27.4 Å². The van der Waals surface area contributed by atoms with Gasteiger partial charge >= 0.3 is 0 Å². The van der Waals surface area contributed by atoms with Crippen LogP contribution in [0.5, 0.6) is 17.2 Å². The van der Waals surface area contributed by atoms with Gasteiger partial charge in [-0.25, -0.2) is 13.1 Å². The van der Waals surface area contributed by atoms with Crippen LogP contribution in [0.3, 0.4) is 0 Å². The monoisotopic (exact) mass is 434 g/mol. The van der Waals surface area contributed by atoms with Crippen molar-refractivity contribution in [2.75, 3.05) is 46.2 Å². The van der Waals surface area contributed by atoms with E-state index in [0.717, 1.165) is 24.4 Å². The Balaban J connectivity index is 1.52. The quantitative estimate of drug-likeness (QED) is 0.681. The van der Waals surface area contributed by atoms with E-state index in [1.807, 2.05) is 31.2 Å². The van der Waals surface area contributed by atoms with Crippen molar-refractivity contribution in [3.63, 3.8) is 0 Å². The molecule has 0 aliphatic carbocycles. The van der Waals surface area contributed by atoms with E-state index in [1.165, 1.54) is 12.1 Å². The number of benzene rings is 2. The maximum atomic E-state index is 12.9. The van der Waals surface area contributed by atoms with Crippen LogP contribution in [0.1, 0.15) is 18.5 Å². The Labute approximate surface area is 176 Å². The van der Waals surface area contributed by atoms with Gasteiger partial charge in [-0.05, 0) is 36.8 Å². The smallest absolute Gasteiger partial charge is 0.240 e. The zero-order valence-corrected chi connectivity index (χ0v) is 17.7. The molecule has 2 aliphatic heterocycles. The first-order chi connectivity index (χ1) is 14.6. The van der Waals surface area contributed by atoms with Crippen molar-refractivity contribution in [1.29, 1.82) is 0 Å². The summed E-state index contributed by atoms with van der Waals surface area (Å²) in [7, 11) is -3.71. The summed E-state index contributed by atoms with van der Waals surface area (Å²) < 4.78 is 50.2. The second kappa shape index (κ2) is 9.22. The highest BCUT2D eigenvalue weighted by molar-refractivity contribution is 7.89. The minimum absolute atomic E-state index is 0.100. The predicted molar refractivity (Wildman–Crippen MR) is 110 cm³/mol. The van der Waals surface area contributed by atoms with Crippen LogP contribution in [0, 0.1) is 0 Å². The molecule has 1 N–H and O–H groups in total. The van der Waals surface area contributed by atoms with Crippen molar-refractivity contribution in [2.24, 2.45) is 0 Å². The highest BCUT2D eigenvalue weighted by Gasteiger charge is 2.26. The third kappa shape index (κ3) is 4.70. The third-order valence-electron chi connectivity index (χ3n) is 5.18. The van der Waals surface area contributed by atoms with Gasteiger partial charge in [-0.2, -0.15) is 0 Å². The molecule has 9 heteroatoms. The Morgan fingerprint density at radius 1 is 1.07 bits per heavy atom. The highest BCUT2D eigenvalue weighted by Crippen LogP contribution is 2.34. The van der Waals surface area contributed by atoms with E-state index in [0.29, 0.717) is 31.3 Å². The molecule has 2 aliphatic rings. The first-order valence-corrected chi connectivity index (χ1v) is 11.5. The molecular weight excluding hydrogens is 408 g/mol. The summed E-state index contributed by atoms with van der Waals surface area (Å²) in [6.07, 6.45) is 0. The molecule has 4 rings (SSSR count). The molecule has 0 radical (unpaired) electrons. The largest absolute Gasteiger partial charge is 0.494 e. The van der Waals surface area contributed by atoms with Gasteiger partial charge in [0.05, 0.1) is 24.7 Å². The molecule has 1 saturated heterocycles. The maximum Gasteiger partial charge on any atom is 0.240 e. The van der Waals surface area contributed by atoms with Crippen molar-refractivity contribution in [1.82, 2.24) is 9.62 Å². The molecular formula is C21H26N2O6S. The van der Waals surface area contributed by atoms with Gasteiger partial charge in [0, 0.05) is 31.7 Å². The second-order valence-corrected chi connectivity index (χ2v) is 8.80. The van der Waals surface area contributed by atoms with Crippen LogP contribution < -0.4 is 18.9 Å². The normalized spacial score (nSPS) is 17.6. The minimum Gasteiger partial charge on any atom is -0.494 e. The maximum absolute atomic E-state index is 12.9. The first-order valence-electron chi connectivity index (χ1n) is 10.0. The van der Waals surface area contributed by atoms with Crippen molar-refractivity contribution in [3.8, 4) is 17.2 Å². The molecule has 0 bridgehead atoms. The van der Waals surface area contributed by atoms with Crippen LogP contribution in [0.4, 0.5) is 0 Å². The van der Waals surface area contributed by atoms with Crippen LogP contribution >= 0.6 is 0 Å². The lowest BCUT2D eigenvalue weighted by Crippen LogP contribution is -2.43. The molecule has 0 spiro atoms. The molecule has 30 heavy (non-hydrogen) atoms. The number of fused-ring (bicyclic) bond motifs is 1. The number of sulfonamides is 1. The molecule has 2 aromatic rings. The lowest BCUT2D eigenvalue weighted by molar-refractivity contribution is 0.0172.